The Morgan fingerprint density at radius 2 is 1.41 bits per heavy atom. The van der Waals surface area contributed by atoms with Crippen molar-refractivity contribution in [3.63, 3.8) is 0 Å². The van der Waals surface area contributed by atoms with E-state index >= 15 is 0 Å². The number of phenolic OH excluding ortho intramolecular Hbond substituents is 2. The van der Waals surface area contributed by atoms with Crippen molar-refractivity contribution >= 4 is 90.0 Å². The Balaban J connectivity index is -0.00000218. The molecular weight excluding hydrogens is 971 g/mol. The van der Waals surface area contributed by atoms with Gasteiger partial charge >= 0.3 is 99.3 Å². The van der Waals surface area contributed by atoms with Crippen LogP contribution in [0.3, 0.4) is 0 Å². The SMILES string of the molecule is C=CS(=O)(=O)c1ccccc1N=Nc1c(NCS(=O)(=O)[O-])ccc2c(O)c(N=Nc3cc(OC)c(S(=O)(=O)C[CH2-])cc3O)[c-]cc12.O=S(=O)([O-])O.O=S(=O)=O.[Cu].[Na+].[Na+].[Na+]. The average molecular weight is 996 g/mol. The number of phenols is 2. The zero-order chi connectivity index (χ0) is 41.9. The number of anilines is 1. The molecule has 0 saturated carbocycles. The van der Waals surface area contributed by atoms with Crippen molar-refractivity contribution in [2.45, 2.75) is 9.79 Å². The van der Waals surface area contributed by atoms with Gasteiger partial charge in [-0.25, -0.2) is 33.7 Å². The molecule has 4 N–H and O–H groups in total. The number of methoxy groups -OCH3 is 1. The van der Waals surface area contributed by atoms with Crippen LogP contribution in [0.1, 0.15) is 0 Å². The van der Waals surface area contributed by atoms with E-state index in [1.807, 2.05) is 0 Å². The van der Waals surface area contributed by atoms with Gasteiger partial charge in [0.2, 0.25) is 20.2 Å². The maximum Gasteiger partial charge on any atom is 1.00 e. The molecule has 0 aliphatic heterocycles. The van der Waals surface area contributed by atoms with E-state index in [0.717, 1.165) is 17.5 Å². The first-order chi connectivity index (χ1) is 25.3. The average Bonchev–Trinajstić information content (AvgIpc) is 3.08. The normalized spacial score (nSPS) is 11.2. The van der Waals surface area contributed by atoms with Crippen molar-refractivity contribution in [1.29, 1.82) is 0 Å². The largest absolute Gasteiger partial charge is 1.00 e. The summed E-state index contributed by atoms with van der Waals surface area (Å²) in [5.41, 5.74) is -0.602. The van der Waals surface area contributed by atoms with Crippen LogP contribution >= 0.6 is 0 Å². The Morgan fingerprint density at radius 1 is 0.864 bits per heavy atom. The summed E-state index contributed by atoms with van der Waals surface area (Å²) < 4.78 is 147. The molecule has 31 heteroatoms. The van der Waals surface area contributed by atoms with Gasteiger partial charge in [0.05, 0.1) is 23.4 Å². The van der Waals surface area contributed by atoms with Crippen molar-refractivity contribution in [3.05, 3.63) is 79.6 Å². The monoisotopic (exact) mass is 995 g/mol. The van der Waals surface area contributed by atoms with Crippen LogP contribution in [0.2, 0.25) is 0 Å². The van der Waals surface area contributed by atoms with Crippen LogP contribution in [0.4, 0.5) is 28.4 Å². The molecule has 22 nitrogen and oxygen atoms in total. The van der Waals surface area contributed by atoms with Gasteiger partial charge in [0.15, 0.2) is 9.84 Å². The molecule has 0 bridgehead atoms. The standard InChI is InChI=1S/C28H25N5O10S3.Cu.3Na.H2O4S.O3S/c1-4-44(36,37)25-9-7-6-8-19(25)30-33-27-17-10-13-21(28(35)18(17)11-12-20(27)29-16-46(40,41)42)31-32-22-14-24(43-3)26(15-23(22)34)45(38,39)5-2;;;;;1-5(2,3)4;1-4(2)3/h4,6-12,14-15,29,34-35H,1-2,5,16H2,3H3,(H,40,41,42);;;;;(H2,1,2,3,4);/q-2;;3*+1;;/p-2. The van der Waals surface area contributed by atoms with Crippen LogP contribution in [-0.2, 0) is 67.9 Å². The van der Waals surface area contributed by atoms with Gasteiger partial charge in [0.1, 0.15) is 43.8 Å². The molecule has 4 aromatic rings. The molecule has 0 aliphatic carbocycles. The topological polar surface area (TPSA) is 365 Å². The number of sulfone groups is 2. The van der Waals surface area contributed by atoms with E-state index in [4.69, 9.17) is 34.9 Å². The Labute approximate surface area is 416 Å². The van der Waals surface area contributed by atoms with Crippen LogP contribution in [-0.4, -0.2) is 88.9 Å². The van der Waals surface area contributed by atoms with Crippen molar-refractivity contribution in [2.75, 3.05) is 24.1 Å². The minimum absolute atomic E-state index is 0. The summed E-state index contributed by atoms with van der Waals surface area (Å²) >= 11 is 0. The van der Waals surface area contributed by atoms with E-state index in [1.165, 1.54) is 49.6 Å². The van der Waals surface area contributed by atoms with E-state index in [2.05, 4.69) is 45.3 Å². The van der Waals surface area contributed by atoms with Crippen molar-refractivity contribution in [2.24, 2.45) is 20.5 Å². The Bertz CT molecular complexity index is 2730. The number of rotatable bonds is 12. The Kier molecular flexibility index (Phi) is 27.6. The summed E-state index contributed by atoms with van der Waals surface area (Å²) in [7, 11) is -19.3. The quantitative estimate of drug-likeness (QED) is 0.0338. The van der Waals surface area contributed by atoms with Gasteiger partial charge in [-0.2, -0.15) is 27.5 Å². The van der Waals surface area contributed by atoms with Gasteiger partial charge in [-0.05, 0) is 18.2 Å². The summed E-state index contributed by atoms with van der Waals surface area (Å²) in [6, 6.07) is 14.3. The Hall–Kier alpha value is -1.90. The number of nitrogens with one attached hydrogen (secondary N) is 1. The molecule has 0 aromatic heterocycles. The second-order valence-corrected chi connectivity index (χ2v) is 16.4. The van der Waals surface area contributed by atoms with Gasteiger partial charge in [-0.15, -0.1) is 17.7 Å². The maximum atomic E-state index is 12.5. The van der Waals surface area contributed by atoms with Crippen LogP contribution < -0.4 is 98.7 Å². The fourth-order valence-corrected chi connectivity index (χ4v) is 6.14. The van der Waals surface area contributed by atoms with Gasteiger partial charge in [-0.3, -0.25) is 4.55 Å². The predicted octanol–water partition coefficient (Wildman–Crippen LogP) is -5.66. The van der Waals surface area contributed by atoms with E-state index in [9.17, 15) is 40.0 Å². The number of aromatic hydroxyl groups is 2. The number of hydrogen-bond donors (Lipinski definition) is 4. The molecule has 0 fully saturated rings. The van der Waals surface area contributed by atoms with Gasteiger partial charge in [0.25, 0.3) is 0 Å². The van der Waals surface area contributed by atoms with Crippen LogP contribution in [0.25, 0.3) is 10.8 Å². The van der Waals surface area contributed by atoms with Crippen LogP contribution in [0.5, 0.6) is 17.2 Å². The summed E-state index contributed by atoms with van der Waals surface area (Å²) in [6.07, 6.45) is 0. The molecule has 0 atom stereocenters. The molecule has 1 radical (unpaired) electrons. The van der Waals surface area contributed by atoms with Gasteiger partial charge < -0.3 is 36.3 Å². The van der Waals surface area contributed by atoms with E-state index in [-0.39, 0.29) is 160 Å². The minimum atomic E-state index is -4.92. The molecule has 0 heterocycles. The summed E-state index contributed by atoms with van der Waals surface area (Å²) in [5, 5.41) is 40.8. The summed E-state index contributed by atoms with van der Waals surface area (Å²) in [4.78, 5) is -0.512. The zero-order valence-corrected chi connectivity index (χ0v) is 41.8. The van der Waals surface area contributed by atoms with Crippen LogP contribution in [0.15, 0.2) is 96.8 Å². The zero-order valence-electron chi connectivity index (χ0n) is 30.8. The van der Waals surface area contributed by atoms with Crippen molar-refractivity contribution in [3.8, 4) is 17.2 Å². The van der Waals surface area contributed by atoms with Crippen molar-refractivity contribution < 1.29 is 181 Å². The molecule has 0 amide bonds. The first-order valence-electron chi connectivity index (χ1n) is 13.9. The summed E-state index contributed by atoms with van der Waals surface area (Å²) in [5.74, 6) is -2.68. The number of azo groups is 2. The molecule has 4 rings (SSSR count). The third-order valence-electron chi connectivity index (χ3n) is 6.26. The second-order valence-electron chi connectivity index (χ2n) is 9.81. The predicted molar refractivity (Wildman–Crippen MR) is 189 cm³/mol. The third-order valence-corrected chi connectivity index (χ3v) is 9.68. The van der Waals surface area contributed by atoms with Crippen LogP contribution in [0, 0.1) is 13.0 Å². The fraction of sp³-hybridized carbons (Fsp3) is 0.107. The molecule has 0 aliphatic rings. The molecule has 4 aromatic carbocycles. The molecule has 309 valence electrons. The second kappa shape index (κ2) is 26.5. The molecular formula is C28H25CuN5Na3O17S5-. The summed E-state index contributed by atoms with van der Waals surface area (Å²) in [6.45, 7) is 6.67. The smallest absolute Gasteiger partial charge is 0.747 e. The van der Waals surface area contributed by atoms with E-state index < -0.39 is 73.9 Å². The number of ether oxygens (including phenoxy) is 1. The number of benzene rings is 4. The minimum Gasteiger partial charge on any atom is -0.747 e. The first kappa shape index (κ1) is 61.4. The number of hydrogen-bond acceptors (Lipinski definition) is 21. The first-order valence-corrected chi connectivity index (χ1v) is 21.0. The van der Waals surface area contributed by atoms with Gasteiger partial charge in [0, 0.05) is 46.0 Å². The fourth-order valence-electron chi connectivity index (χ4n) is 4.00. The third kappa shape index (κ3) is 19.8. The van der Waals surface area contributed by atoms with Crippen molar-refractivity contribution in [1.82, 2.24) is 0 Å². The van der Waals surface area contributed by atoms with E-state index in [1.54, 1.807) is 0 Å². The molecule has 0 spiro atoms. The maximum absolute atomic E-state index is 12.5. The Morgan fingerprint density at radius 3 is 1.92 bits per heavy atom. The molecule has 0 saturated heterocycles. The molecule has 59 heavy (non-hydrogen) atoms. The van der Waals surface area contributed by atoms with E-state index in [0.29, 0.717) is 0 Å². The van der Waals surface area contributed by atoms with Gasteiger partial charge in [-0.1, -0.05) is 41.3 Å². The number of nitrogens with zero attached hydrogens (tertiary/aromatic N) is 4. The number of fused-ring (bicyclic) bond motifs is 1. The molecule has 0 unspecified atom stereocenters.